The second-order valence-electron chi connectivity index (χ2n) is 11.3. The molecule has 0 aliphatic carbocycles. The summed E-state index contributed by atoms with van der Waals surface area (Å²) in [5.74, 6) is 0.497. The summed E-state index contributed by atoms with van der Waals surface area (Å²) in [7, 11) is -1.42. The van der Waals surface area contributed by atoms with Gasteiger partial charge >= 0.3 is 0 Å². The normalized spacial score (nSPS) is 11.3. The van der Waals surface area contributed by atoms with Gasteiger partial charge in [-0.25, -0.2) is 0 Å². The topological polar surface area (TPSA) is 25.8 Å². The van der Waals surface area contributed by atoms with E-state index < -0.39 is 8.07 Å². The van der Waals surface area contributed by atoms with Gasteiger partial charge in [-0.15, -0.1) is 59.7 Å². The molecule has 2 nitrogen and oxygen atoms in total. The molecule has 6 rings (SSSR count). The number of benzene rings is 3. The molecule has 0 fully saturated rings. The van der Waals surface area contributed by atoms with Crippen LogP contribution in [0.3, 0.4) is 0 Å². The van der Waals surface area contributed by atoms with E-state index in [1.165, 1.54) is 31.3 Å². The van der Waals surface area contributed by atoms with Gasteiger partial charge in [-0.3, -0.25) is 0 Å². The van der Waals surface area contributed by atoms with Crippen LogP contribution < -0.4 is 5.19 Å². The first-order valence-electron chi connectivity index (χ1n) is 13.4. The molecule has 40 heavy (non-hydrogen) atoms. The summed E-state index contributed by atoms with van der Waals surface area (Å²) in [6.45, 7) is 13.8. The number of pyridine rings is 2. The molecule has 0 atom stereocenters. The van der Waals surface area contributed by atoms with Crippen molar-refractivity contribution in [2.24, 2.45) is 0 Å². The third-order valence-corrected chi connectivity index (χ3v) is 10.1. The molecule has 0 bridgehead atoms. The fourth-order valence-corrected chi connectivity index (χ4v) is 7.67. The molecule has 0 unspecified atom stereocenters. The van der Waals surface area contributed by atoms with Crippen LogP contribution in [0.15, 0.2) is 91.3 Å². The van der Waals surface area contributed by atoms with Gasteiger partial charge in [0, 0.05) is 37.2 Å². The zero-order valence-corrected chi connectivity index (χ0v) is 28.1. The number of hydrogen-bond donors (Lipinski definition) is 0. The van der Waals surface area contributed by atoms with Gasteiger partial charge in [-0.05, 0) is 52.0 Å². The molecule has 3 heterocycles. The van der Waals surface area contributed by atoms with Crippen LogP contribution in [0.5, 0.6) is 0 Å². The molecular formula is C35H34IrN2SSi-2. The quantitative estimate of drug-likeness (QED) is 0.133. The number of hydrogen-bond acceptors (Lipinski definition) is 3. The molecule has 0 spiro atoms. The van der Waals surface area contributed by atoms with Crippen LogP contribution >= 0.6 is 11.3 Å². The SMILES string of the molecule is CC(C)c1ccnc(-c2[c-]ccc3c2sc2cccc([Si](C)(C)C)c23)c1.Cc1ccc(-c2[c-]cccc2)nc1.[Ir]. The van der Waals surface area contributed by atoms with Gasteiger partial charge < -0.3 is 9.97 Å². The Morgan fingerprint density at radius 1 is 0.825 bits per heavy atom. The van der Waals surface area contributed by atoms with E-state index >= 15 is 0 Å². The van der Waals surface area contributed by atoms with Gasteiger partial charge in [-0.2, -0.15) is 11.3 Å². The van der Waals surface area contributed by atoms with Crippen LogP contribution in [-0.4, -0.2) is 18.0 Å². The van der Waals surface area contributed by atoms with Crippen LogP contribution in [0.25, 0.3) is 42.7 Å². The molecule has 3 aromatic heterocycles. The van der Waals surface area contributed by atoms with Crippen molar-refractivity contribution in [3.63, 3.8) is 0 Å². The summed E-state index contributed by atoms with van der Waals surface area (Å²) in [6, 6.07) is 34.0. The van der Waals surface area contributed by atoms with Crippen LogP contribution in [0.1, 0.15) is 30.9 Å². The largest absolute Gasteiger partial charge is 0.305 e. The first-order valence-corrected chi connectivity index (χ1v) is 17.8. The minimum atomic E-state index is -1.42. The Morgan fingerprint density at radius 2 is 1.65 bits per heavy atom. The Hall–Kier alpha value is -2.95. The van der Waals surface area contributed by atoms with E-state index in [-0.39, 0.29) is 20.1 Å². The third-order valence-electron chi connectivity index (χ3n) is 6.87. The van der Waals surface area contributed by atoms with Gasteiger partial charge in [0.2, 0.25) is 0 Å². The van der Waals surface area contributed by atoms with E-state index in [1.807, 2.05) is 61.0 Å². The summed E-state index contributed by atoms with van der Waals surface area (Å²) < 4.78 is 2.68. The van der Waals surface area contributed by atoms with E-state index in [0.29, 0.717) is 5.92 Å². The van der Waals surface area contributed by atoms with Crippen molar-refractivity contribution in [1.82, 2.24) is 9.97 Å². The Bertz CT molecular complexity index is 1720. The van der Waals surface area contributed by atoms with Gasteiger partial charge in [0.1, 0.15) is 0 Å². The number of fused-ring (bicyclic) bond motifs is 3. The predicted octanol–water partition coefficient (Wildman–Crippen LogP) is 9.44. The predicted molar refractivity (Wildman–Crippen MR) is 172 cm³/mol. The minimum Gasteiger partial charge on any atom is -0.305 e. The number of aromatic nitrogens is 2. The van der Waals surface area contributed by atoms with Crippen molar-refractivity contribution >= 4 is 44.8 Å². The molecule has 0 aliphatic heterocycles. The van der Waals surface area contributed by atoms with E-state index in [9.17, 15) is 0 Å². The molecule has 0 saturated heterocycles. The molecular weight excluding hydrogens is 701 g/mol. The molecule has 0 saturated carbocycles. The van der Waals surface area contributed by atoms with E-state index in [4.69, 9.17) is 0 Å². The van der Waals surface area contributed by atoms with Crippen molar-refractivity contribution in [2.45, 2.75) is 46.3 Å². The number of rotatable bonds is 4. The van der Waals surface area contributed by atoms with Crippen molar-refractivity contribution < 1.29 is 20.1 Å². The van der Waals surface area contributed by atoms with E-state index in [1.54, 1.807) is 5.19 Å². The van der Waals surface area contributed by atoms with Crippen LogP contribution in [0.2, 0.25) is 19.6 Å². The minimum absolute atomic E-state index is 0. The average molecular weight is 735 g/mol. The van der Waals surface area contributed by atoms with E-state index in [2.05, 4.69) is 104 Å². The summed E-state index contributed by atoms with van der Waals surface area (Å²) >= 11 is 1.88. The summed E-state index contributed by atoms with van der Waals surface area (Å²) in [5, 5.41) is 4.35. The van der Waals surface area contributed by atoms with Gasteiger partial charge in [-0.1, -0.05) is 80.0 Å². The van der Waals surface area contributed by atoms with Gasteiger partial charge in [0.15, 0.2) is 0 Å². The molecule has 0 N–H and O–H groups in total. The maximum atomic E-state index is 4.67. The second kappa shape index (κ2) is 12.7. The van der Waals surface area contributed by atoms with Crippen LogP contribution in [0.4, 0.5) is 0 Å². The Morgan fingerprint density at radius 3 is 2.33 bits per heavy atom. The number of nitrogens with zero attached hydrogens (tertiary/aromatic N) is 2. The molecule has 205 valence electrons. The molecule has 5 heteroatoms. The summed E-state index contributed by atoms with van der Waals surface area (Å²) in [6.07, 6.45) is 3.80. The summed E-state index contributed by atoms with van der Waals surface area (Å²) in [4.78, 5) is 8.98. The third kappa shape index (κ3) is 6.50. The maximum Gasteiger partial charge on any atom is 0.0783 e. The fourth-order valence-electron chi connectivity index (χ4n) is 4.73. The molecule has 6 aromatic rings. The standard InChI is InChI=1S/C23H24NSSi.C12H10N.Ir/c1-15(2)16-12-13-24-19(14-16)17-8-6-9-18-22-20(25-23(17)18)10-7-11-21(22)26(3,4)5;1-10-7-8-12(13-9-10)11-5-3-2-4-6-11;/h6-7,9-15H,1-5H3;2-5,7-9H,1H3;/q2*-1;. The zero-order chi connectivity index (χ0) is 27.6. The molecule has 0 aliphatic rings. The number of thiophene rings is 1. The van der Waals surface area contributed by atoms with Gasteiger partial charge in [0.25, 0.3) is 0 Å². The second-order valence-corrected chi connectivity index (χ2v) is 17.3. The van der Waals surface area contributed by atoms with Crippen LogP contribution in [-0.2, 0) is 20.1 Å². The average Bonchev–Trinajstić information content (AvgIpc) is 3.33. The Kier molecular flexibility index (Phi) is 9.53. The summed E-state index contributed by atoms with van der Waals surface area (Å²) in [5.41, 5.74) is 6.69. The zero-order valence-electron chi connectivity index (χ0n) is 23.9. The first-order chi connectivity index (χ1) is 18.7. The molecule has 1 radical (unpaired) electrons. The smallest absolute Gasteiger partial charge is 0.0783 e. The van der Waals surface area contributed by atoms with Crippen molar-refractivity contribution in [3.05, 3.63) is 115 Å². The van der Waals surface area contributed by atoms with Crippen LogP contribution in [0, 0.1) is 19.1 Å². The first kappa shape index (κ1) is 30.0. The monoisotopic (exact) mass is 735 g/mol. The number of aryl methyl sites for hydroxylation is 1. The maximum absolute atomic E-state index is 4.67. The van der Waals surface area contributed by atoms with Crippen molar-refractivity contribution in [1.29, 1.82) is 0 Å². The molecule has 3 aromatic carbocycles. The van der Waals surface area contributed by atoms with E-state index in [0.717, 1.165) is 22.5 Å². The van der Waals surface area contributed by atoms with Crippen molar-refractivity contribution in [3.8, 4) is 22.5 Å². The fraction of sp³-hybridized carbons (Fsp3) is 0.200. The Balaban J connectivity index is 0.000000223. The molecule has 0 amide bonds. The Labute approximate surface area is 256 Å². The van der Waals surface area contributed by atoms with Crippen molar-refractivity contribution in [2.75, 3.05) is 0 Å². The van der Waals surface area contributed by atoms with Gasteiger partial charge in [0.05, 0.1) is 8.07 Å².